The highest BCUT2D eigenvalue weighted by Crippen LogP contribution is 2.24. The number of quaternary nitrogens is 1. The number of hydrogen-bond acceptors (Lipinski definition) is 2. The number of aliphatic hydroxyl groups excluding tert-OH is 1. The molecule has 114 valence electrons. The lowest BCUT2D eigenvalue weighted by Gasteiger charge is -2.15. The van der Waals surface area contributed by atoms with E-state index in [1.807, 2.05) is 62.4 Å². The molecule has 2 atom stereocenters. The molecular formula is C17H22ClNO2. The Kier molecular flexibility index (Phi) is 6.69. The molecule has 3 nitrogen and oxygen atoms in total. The quantitative estimate of drug-likeness (QED) is 0.763. The van der Waals surface area contributed by atoms with Crippen LogP contribution in [-0.4, -0.2) is 11.1 Å². The van der Waals surface area contributed by atoms with Gasteiger partial charge in [-0.3, -0.25) is 0 Å². The van der Waals surface area contributed by atoms with Crippen LogP contribution in [-0.2, 0) is 6.61 Å². The highest BCUT2D eigenvalue weighted by molar-refractivity contribution is 5.37. The van der Waals surface area contributed by atoms with Crippen LogP contribution in [0.25, 0.3) is 0 Å². The summed E-state index contributed by atoms with van der Waals surface area (Å²) in [6, 6.07) is 15.8. The van der Waals surface area contributed by atoms with Crippen LogP contribution < -0.4 is 22.9 Å². The summed E-state index contributed by atoms with van der Waals surface area (Å²) in [6.45, 7) is 4.44. The minimum absolute atomic E-state index is 0. The molecule has 0 aliphatic heterocycles. The zero-order valence-corrected chi connectivity index (χ0v) is 13.2. The fraction of sp³-hybridized carbons (Fsp3) is 0.294. The molecule has 0 aliphatic rings. The van der Waals surface area contributed by atoms with Crippen molar-refractivity contribution >= 4 is 0 Å². The van der Waals surface area contributed by atoms with E-state index < -0.39 is 6.10 Å². The second-order valence-electron chi connectivity index (χ2n) is 5.22. The molecule has 0 spiro atoms. The maximum Gasteiger partial charge on any atom is 0.130 e. The Morgan fingerprint density at radius 3 is 2.38 bits per heavy atom. The first-order chi connectivity index (χ1) is 9.58. The largest absolute Gasteiger partial charge is 1.00 e. The molecule has 2 unspecified atom stereocenters. The molecule has 0 bridgehead atoms. The summed E-state index contributed by atoms with van der Waals surface area (Å²) in [6.07, 6.45) is -0.531. The van der Waals surface area contributed by atoms with Crippen molar-refractivity contribution in [2.45, 2.75) is 32.6 Å². The lowest BCUT2D eigenvalue weighted by atomic mass is 10.0. The number of benzene rings is 2. The lowest BCUT2D eigenvalue weighted by Crippen LogP contribution is -3.00. The monoisotopic (exact) mass is 307 g/mol. The van der Waals surface area contributed by atoms with Crippen LogP contribution in [0.1, 0.15) is 29.7 Å². The van der Waals surface area contributed by atoms with Crippen molar-refractivity contribution in [1.82, 2.24) is 0 Å². The van der Waals surface area contributed by atoms with Gasteiger partial charge < -0.3 is 28.0 Å². The molecule has 0 radical (unpaired) electrons. The SMILES string of the molecule is Cc1cc(C(O)C(C)[NH3+])ccc1OCc1ccccc1.[Cl-]. The van der Waals surface area contributed by atoms with Crippen LogP contribution in [0.5, 0.6) is 5.75 Å². The van der Waals surface area contributed by atoms with E-state index in [2.05, 4.69) is 5.73 Å². The van der Waals surface area contributed by atoms with Crippen LogP contribution >= 0.6 is 0 Å². The summed E-state index contributed by atoms with van der Waals surface area (Å²) in [4.78, 5) is 0. The molecule has 2 aromatic carbocycles. The Morgan fingerprint density at radius 1 is 1.14 bits per heavy atom. The van der Waals surface area contributed by atoms with Gasteiger partial charge in [-0.05, 0) is 42.7 Å². The van der Waals surface area contributed by atoms with E-state index in [0.29, 0.717) is 6.61 Å². The average molecular weight is 308 g/mol. The van der Waals surface area contributed by atoms with E-state index in [1.165, 1.54) is 0 Å². The summed E-state index contributed by atoms with van der Waals surface area (Å²) in [5.41, 5.74) is 6.91. The molecule has 2 rings (SSSR count). The first-order valence-corrected chi connectivity index (χ1v) is 6.86. The van der Waals surface area contributed by atoms with E-state index in [9.17, 15) is 5.11 Å². The van der Waals surface area contributed by atoms with Crippen LogP contribution in [0.2, 0.25) is 0 Å². The normalized spacial score (nSPS) is 13.1. The number of ether oxygens (including phenoxy) is 1. The van der Waals surface area contributed by atoms with Gasteiger partial charge in [-0.15, -0.1) is 0 Å². The van der Waals surface area contributed by atoms with Gasteiger partial charge in [-0.2, -0.15) is 0 Å². The van der Waals surface area contributed by atoms with E-state index in [-0.39, 0.29) is 18.4 Å². The molecule has 2 aromatic rings. The van der Waals surface area contributed by atoms with Gasteiger partial charge in [-0.1, -0.05) is 36.4 Å². The third-order valence-corrected chi connectivity index (χ3v) is 3.32. The molecule has 0 saturated heterocycles. The average Bonchev–Trinajstić information content (AvgIpc) is 2.46. The summed E-state index contributed by atoms with van der Waals surface area (Å²) < 4.78 is 5.82. The summed E-state index contributed by atoms with van der Waals surface area (Å²) >= 11 is 0. The van der Waals surface area contributed by atoms with Gasteiger partial charge in [0, 0.05) is 0 Å². The van der Waals surface area contributed by atoms with Gasteiger partial charge >= 0.3 is 0 Å². The molecule has 0 aliphatic carbocycles. The summed E-state index contributed by atoms with van der Waals surface area (Å²) in [5, 5.41) is 10.0. The first-order valence-electron chi connectivity index (χ1n) is 6.86. The van der Waals surface area contributed by atoms with Crippen LogP contribution in [0.4, 0.5) is 0 Å². The van der Waals surface area contributed by atoms with Crippen LogP contribution in [0, 0.1) is 6.92 Å². The van der Waals surface area contributed by atoms with Gasteiger partial charge in [-0.25, -0.2) is 0 Å². The van der Waals surface area contributed by atoms with Gasteiger partial charge in [0.05, 0.1) is 0 Å². The summed E-state index contributed by atoms with van der Waals surface area (Å²) in [7, 11) is 0. The predicted octanol–water partition coefficient (Wildman–Crippen LogP) is -0.758. The molecule has 0 heterocycles. The molecule has 0 aromatic heterocycles. The molecule has 4 heteroatoms. The van der Waals surface area contributed by atoms with Crippen molar-refractivity contribution in [2.24, 2.45) is 0 Å². The van der Waals surface area contributed by atoms with Gasteiger partial charge in [0.25, 0.3) is 0 Å². The third kappa shape index (κ3) is 4.74. The topological polar surface area (TPSA) is 57.1 Å². The minimum atomic E-state index is -0.531. The number of hydrogen-bond donors (Lipinski definition) is 2. The highest BCUT2D eigenvalue weighted by atomic mass is 35.5. The van der Waals surface area contributed by atoms with Crippen molar-refractivity contribution in [3.05, 3.63) is 65.2 Å². The van der Waals surface area contributed by atoms with E-state index in [4.69, 9.17) is 4.74 Å². The molecule has 0 saturated carbocycles. The van der Waals surface area contributed by atoms with E-state index >= 15 is 0 Å². The van der Waals surface area contributed by atoms with Gasteiger partial charge in [0.1, 0.15) is 24.5 Å². The summed E-state index contributed by atoms with van der Waals surface area (Å²) in [5.74, 6) is 0.849. The maximum atomic E-state index is 10.0. The fourth-order valence-electron chi connectivity index (χ4n) is 2.08. The third-order valence-electron chi connectivity index (χ3n) is 3.32. The number of aliphatic hydroxyl groups is 1. The van der Waals surface area contributed by atoms with Crippen molar-refractivity contribution in [2.75, 3.05) is 0 Å². The zero-order chi connectivity index (χ0) is 14.5. The predicted molar refractivity (Wildman–Crippen MR) is 79.3 cm³/mol. The first kappa shape index (κ1) is 17.5. The van der Waals surface area contributed by atoms with E-state index in [0.717, 1.165) is 22.4 Å². The molecule has 0 amide bonds. The second kappa shape index (κ2) is 8.03. The number of rotatable bonds is 5. The smallest absolute Gasteiger partial charge is 0.130 e. The van der Waals surface area contributed by atoms with Gasteiger partial charge in [0.2, 0.25) is 0 Å². The van der Waals surface area contributed by atoms with Crippen LogP contribution in [0.15, 0.2) is 48.5 Å². The minimum Gasteiger partial charge on any atom is -1.00 e. The van der Waals surface area contributed by atoms with E-state index in [1.54, 1.807) is 0 Å². The number of halogens is 1. The zero-order valence-electron chi connectivity index (χ0n) is 12.4. The van der Waals surface area contributed by atoms with Crippen molar-refractivity contribution in [3.63, 3.8) is 0 Å². The molecule has 21 heavy (non-hydrogen) atoms. The Bertz CT molecular complexity index is 558. The molecular weight excluding hydrogens is 286 g/mol. The standard InChI is InChI=1S/C17H21NO2.ClH/c1-12-10-15(17(19)13(2)18)8-9-16(12)20-11-14-6-4-3-5-7-14;/h3-10,13,17,19H,11,18H2,1-2H3;1H. The Balaban J connectivity index is 0.00000220. The maximum absolute atomic E-state index is 10.0. The lowest BCUT2D eigenvalue weighted by molar-refractivity contribution is -0.433. The second-order valence-corrected chi connectivity index (χ2v) is 5.22. The number of aryl methyl sites for hydroxylation is 1. The Hall–Kier alpha value is -1.55. The van der Waals surface area contributed by atoms with Gasteiger partial charge in [0.15, 0.2) is 0 Å². The van der Waals surface area contributed by atoms with Crippen LogP contribution in [0.3, 0.4) is 0 Å². The fourth-order valence-corrected chi connectivity index (χ4v) is 2.08. The molecule has 4 N–H and O–H groups in total. The Morgan fingerprint density at radius 2 is 1.81 bits per heavy atom. The highest BCUT2D eigenvalue weighted by Gasteiger charge is 2.16. The van der Waals surface area contributed by atoms with Crippen molar-refractivity contribution in [1.29, 1.82) is 0 Å². The molecule has 0 fully saturated rings. The Labute approximate surface area is 132 Å². The van der Waals surface area contributed by atoms with Crippen molar-refractivity contribution < 1.29 is 28.0 Å². The van der Waals surface area contributed by atoms with Crippen molar-refractivity contribution in [3.8, 4) is 5.75 Å².